The summed E-state index contributed by atoms with van der Waals surface area (Å²) in [7, 11) is 0. The second-order valence-corrected chi connectivity index (χ2v) is 9.82. The van der Waals surface area contributed by atoms with E-state index in [1.807, 2.05) is 6.92 Å². The topological polar surface area (TPSA) is 107 Å². The molecule has 0 saturated heterocycles. The molecule has 0 heterocycles. The maximum absolute atomic E-state index is 11.9. The average Bonchev–Trinajstić information content (AvgIpc) is 2.79. The summed E-state index contributed by atoms with van der Waals surface area (Å²) in [5, 5.41) is 43.9. The van der Waals surface area contributed by atoms with Crippen LogP contribution in [0.3, 0.4) is 0 Å². The van der Waals surface area contributed by atoms with Crippen LogP contribution >= 0.6 is 0 Å². The highest BCUT2D eigenvalue weighted by molar-refractivity contribution is 5.66. The molecule has 2 saturated carbocycles. The Labute approximate surface area is 166 Å². The second kappa shape index (κ2) is 6.66. The third-order valence-electron chi connectivity index (χ3n) is 7.86. The van der Waals surface area contributed by atoms with Crippen molar-refractivity contribution in [2.24, 2.45) is 16.7 Å². The lowest BCUT2D eigenvalue weighted by molar-refractivity contribution is -0.166. The van der Waals surface area contributed by atoms with E-state index in [-0.39, 0.29) is 12.3 Å². The molecule has 6 nitrogen and oxygen atoms in total. The first kappa shape index (κ1) is 21.5. The second-order valence-electron chi connectivity index (χ2n) is 9.82. The molecule has 7 atom stereocenters. The van der Waals surface area contributed by atoms with Crippen LogP contribution in [0, 0.1) is 16.7 Å². The zero-order valence-corrected chi connectivity index (χ0v) is 17.5. The molecule has 158 valence electrons. The number of esters is 1. The quantitative estimate of drug-likeness (QED) is 0.421. The molecule has 2 fully saturated rings. The first-order valence-electron chi connectivity index (χ1n) is 10.1. The van der Waals surface area contributed by atoms with E-state index in [9.17, 15) is 25.2 Å². The zero-order chi connectivity index (χ0) is 21.2. The van der Waals surface area contributed by atoms with Crippen molar-refractivity contribution in [2.45, 2.75) is 90.3 Å². The standard InChI is InChI=1S/C22H34O6/c1-11-14-9-22(20(4,5)27)10-16(25)12(2)17(22)18(26)19(28-13(3)23)21(14,6)8-7-15(11)24/h14-16,18-19,24-27H,1,7-10H2,2-6H3/t14-,15+,16+,18-,19+,21-,22+/m1/s1. The number of ether oxygens (including phenoxy) is 1. The minimum atomic E-state index is -1.24. The lowest BCUT2D eigenvalue weighted by atomic mass is 9.57. The maximum atomic E-state index is 11.9. The van der Waals surface area contributed by atoms with Gasteiger partial charge < -0.3 is 25.2 Å². The number of carbonyl (C=O) groups excluding carboxylic acids is 1. The predicted octanol–water partition coefficient (Wildman–Crippen LogP) is 1.85. The van der Waals surface area contributed by atoms with Gasteiger partial charge in [-0.2, -0.15) is 0 Å². The molecular weight excluding hydrogens is 360 g/mol. The van der Waals surface area contributed by atoms with Crippen LogP contribution < -0.4 is 0 Å². The Morgan fingerprint density at radius 1 is 1.21 bits per heavy atom. The molecule has 3 aliphatic carbocycles. The number of hydrogen-bond donors (Lipinski definition) is 4. The van der Waals surface area contributed by atoms with Gasteiger partial charge in [-0.25, -0.2) is 0 Å². The van der Waals surface area contributed by atoms with Gasteiger partial charge in [0.25, 0.3) is 0 Å². The third-order valence-corrected chi connectivity index (χ3v) is 7.86. The van der Waals surface area contributed by atoms with Crippen molar-refractivity contribution < 1.29 is 30.0 Å². The first-order chi connectivity index (χ1) is 12.8. The van der Waals surface area contributed by atoms with Crippen LogP contribution in [0.4, 0.5) is 0 Å². The fourth-order valence-electron chi connectivity index (χ4n) is 6.10. The van der Waals surface area contributed by atoms with Gasteiger partial charge in [-0.3, -0.25) is 4.79 Å². The Bertz CT molecular complexity index is 719. The van der Waals surface area contributed by atoms with Gasteiger partial charge in [0.15, 0.2) is 0 Å². The molecule has 3 aliphatic rings. The number of aliphatic hydroxyl groups is 4. The zero-order valence-electron chi connectivity index (χ0n) is 17.5. The SMILES string of the molecule is C=C1[C@H]2C[C@]3(C(C)(C)O)C[C@H](O)C(C)=C3[C@@H](O)[C@H](OC(C)=O)[C@]2(C)CC[C@@H]1O. The molecule has 0 aromatic rings. The molecule has 0 aromatic heterocycles. The van der Waals surface area contributed by atoms with Crippen molar-refractivity contribution in [3.63, 3.8) is 0 Å². The van der Waals surface area contributed by atoms with Gasteiger partial charge in [0.05, 0.1) is 17.8 Å². The van der Waals surface area contributed by atoms with Gasteiger partial charge in [0.2, 0.25) is 0 Å². The van der Waals surface area contributed by atoms with Crippen LogP contribution in [-0.4, -0.2) is 56.4 Å². The molecule has 28 heavy (non-hydrogen) atoms. The Hall–Kier alpha value is -1.21. The van der Waals surface area contributed by atoms with Gasteiger partial charge in [0.1, 0.15) is 12.2 Å². The molecule has 0 amide bonds. The van der Waals surface area contributed by atoms with Crippen LogP contribution in [0.1, 0.15) is 60.3 Å². The largest absolute Gasteiger partial charge is 0.459 e. The van der Waals surface area contributed by atoms with Gasteiger partial charge in [-0.05, 0) is 69.1 Å². The third kappa shape index (κ3) is 2.88. The van der Waals surface area contributed by atoms with E-state index >= 15 is 0 Å². The molecular formula is C22H34O6. The van der Waals surface area contributed by atoms with Crippen LogP contribution in [-0.2, 0) is 9.53 Å². The minimum absolute atomic E-state index is 0.275. The summed E-state index contributed by atoms with van der Waals surface area (Å²) >= 11 is 0. The van der Waals surface area contributed by atoms with Crippen molar-refractivity contribution in [3.8, 4) is 0 Å². The smallest absolute Gasteiger partial charge is 0.303 e. The van der Waals surface area contributed by atoms with E-state index in [1.165, 1.54) is 6.92 Å². The average molecular weight is 395 g/mol. The van der Waals surface area contributed by atoms with Crippen LogP contribution in [0.2, 0.25) is 0 Å². The summed E-state index contributed by atoms with van der Waals surface area (Å²) in [5.74, 6) is -0.773. The van der Waals surface area contributed by atoms with Crippen LogP contribution in [0.25, 0.3) is 0 Å². The minimum Gasteiger partial charge on any atom is -0.459 e. The number of hydrogen-bond acceptors (Lipinski definition) is 6. The molecule has 0 radical (unpaired) electrons. The Kier molecular flexibility index (Phi) is 5.11. The van der Waals surface area contributed by atoms with Gasteiger partial charge >= 0.3 is 5.97 Å². The van der Waals surface area contributed by atoms with Crippen molar-refractivity contribution in [1.82, 2.24) is 0 Å². The monoisotopic (exact) mass is 394 g/mol. The molecule has 0 bridgehead atoms. The normalized spacial score (nSPS) is 44.0. The lowest BCUT2D eigenvalue weighted by Crippen LogP contribution is -2.51. The van der Waals surface area contributed by atoms with Gasteiger partial charge in [0, 0.05) is 17.8 Å². The first-order valence-corrected chi connectivity index (χ1v) is 10.1. The lowest BCUT2D eigenvalue weighted by Gasteiger charge is -2.50. The molecule has 0 spiro atoms. The number of aliphatic hydroxyl groups excluding tert-OH is 3. The predicted molar refractivity (Wildman–Crippen MR) is 104 cm³/mol. The van der Waals surface area contributed by atoms with E-state index in [0.29, 0.717) is 36.0 Å². The molecule has 4 N–H and O–H groups in total. The molecule has 0 aliphatic heterocycles. The molecule has 3 rings (SSSR count). The van der Waals surface area contributed by atoms with Gasteiger partial charge in [-0.1, -0.05) is 13.5 Å². The number of fused-ring (bicyclic) bond motifs is 2. The Balaban J connectivity index is 2.27. The highest BCUT2D eigenvalue weighted by Crippen LogP contribution is 2.64. The molecule has 0 unspecified atom stereocenters. The van der Waals surface area contributed by atoms with E-state index in [1.54, 1.807) is 20.8 Å². The van der Waals surface area contributed by atoms with Crippen molar-refractivity contribution in [2.75, 3.05) is 0 Å². The Morgan fingerprint density at radius 2 is 1.82 bits per heavy atom. The molecule has 0 aromatic carbocycles. The number of rotatable bonds is 2. The highest BCUT2D eigenvalue weighted by Gasteiger charge is 2.64. The maximum Gasteiger partial charge on any atom is 0.303 e. The summed E-state index contributed by atoms with van der Waals surface area (Å²) in [6.07, 6.45) is -1.73. The van der Waals surface area contributed by atoms with Crippen molar-refractivity contribution in [1.29, 1.82) is 0 Å². The Morgan fingerprint density at radius 3 is 2.36 bits per heavy atom. The fraction of sp³-hybridized carbons (Fsp3) is 0.773. The fourth-order valence-corrected chi connectivity index (χ4v) is 6.10. The number of carbonyl (C=O) groups is 1. The van der Waals surface area contributed by atoms with Crippen LogP contribution in [0.5, 0.6) is 0 Å². The highest BCUT2D eigenvalue weighted by atomic mass is 16.6. The van der Waals surface area contributed by atoms with E-state index < -0.39 is 46.8 Å². The van der Waals surface area contributed by atoms with E-state index in [2.05, 4.69) is 6.58 Å². The summed E-state index contributed by atoms with van der Waals surface area (Å²) < 4.78 is 5.68. The molecule has 6 heteroatoms. The van der Waals surface area contributed by atoms with E-state index in [4.69, 9.17) is 4.74 Å². The summed E-state index contributed by atoms with van der Waals surface area (Å²) in [5.41, 5.74) is -0.950. The summed E-state index contributed by atoms with van der Waals surface area (Å²) in [4.78, 5) is 11.9. The van der Waals surface area contributed by atoms with Crippen LogP contribution in [0.15, 0.2) is 23.3 Å². The summed E-state index contributed by atoms with van der Waals surface area (Å²) in [6.45, 7) is 12.6. The van der Waals surface area contributed by atoms with Crippen molar-refractivity contribution >= 4 is 5.97 Å². The summed E-state index contributed by atoms with van der Waals surface area (Å²) in [6, 6.07) is 0. The van der Waals surface area contributed by atoms with Crippen molar-refractivity contribution in [3.05, 3.63) is 23.3 Å². The van der Waals surface area contributed by atoms with Gasteiger partial charge in [-0.15, -0.1) is 0 Å². The van der Waals surface area contributed by atoms with E-state index in [0.717, 1.165) is 0 Å².